The van der Waals surface area contributed by atoms with Crippen LogP contribution in [0.1, 0.15) is 5.56 Å². The van der Waals surface area contributed by atoms with E-state index in [1.54, 1.807) is 10.9 Å². The van der Waals surface area contributed by atoms with Crippen molar-refractivity contribution >= 4 is 5.95 Å². The average molecular weight is 348 g/mol. The van der Waals surface area contributed by atoms with Gasteiger partial charge in [0, 0.05) is 50.5 Å². The highest BCUT2D eigenvalue weighted by molar-refractivity contribution is 5.60. The summed E-state index contributed by atoms with van der Waals surface area (Å²) in [6.45, 7) is 2.22. The number of hydrogen-bond acceptors (Lipinski definition) is 5. The summed E-state index contributed by atoms with van der Waals surface area (Å²) in [6.07, 6.45) is 9.13. The predicted octanol–water partition coefficient (Wildman–Crippen LogP) is 2.04. The molecule has 4 aromatic rings. The molecule has 3 aromatic heterocycles. The third-order valence-corrected chi connectivity index (χ3v) is 4.21. The number of nitrogens with zero attached hydrogens (tertiary/aromatic N) is 7. The zero-order chi connectivity index (χ0) is 17.8. The van der Waals surface area contributed by atoms with E-state index in [2.05, 4.69) is 42.2 Å². The van der Waals surface area contributed by atoms with Gasteiger partial charge in [-0.25, -0.2) is 9.67 Å². The van der Waals surface area contributed by atoms with Gasteiger partial charge in [0.05, 0.1) is 6.54 Å². The van der Waals surface area contributed by atoms with Gasteiger partial charge in [-0.1, -0.05) is 24.3 Å². The second-order valence-corrected chi connectivity index (χ2v) is 5.94. The van der Waals surface area contributed by atoms with Crippen molar-refractivity contribution < 1.29 is 0 Å². The molecule has 0 amide bonds. The highest BCUT2D eigenvalue weighted by Crippen LogP contribution is 2.23. The molecule has 8 nitrogen and oxygen atoms in total. The molecule has 3 heterocycles. The van der Waals surface area contributed by atoms with Gasteiger partial charge >= 0.3 is 0 Å². The Morgan fingerprint density at radius 3 is 2.73 bits per heavy atom. The van der Waals surface area contributed by atoms with Crippen LogP contribution < -0.4 is 5.32 Å². The van der Waals surface area contributed by atoms with Crippen molar-refractivity contribution in [2.75, 3.05) is 11.9 Å². The topological polar surface area (TPSA) is 78.4 Å². The molecule has 0 atom stereocenters. The Bertz CT molecular complexity index is 967. The van der Waals surface area contributed by atoms with Crippen molar-refractivity contribution in [3.63, 3.8) is 0 Å². The average Bonchev–Trinajstić information content (AvgIpc) is 3.39. The van der Waals surface area contributed by atoms with Crippen LogP contribution in [-0.4, -0.2) is 40.6 Å². The molecule has 0 bridgehead atoms. The summed E-state index contributed by atoms with van der Waals surface area (Å²) in [6, 6.07) is 10.2. The maximum atomic E-state index is 4.58. The molecular formula is C18H20N8. The van der Waals surface area contributed by atoms with Gasteiger partial charge in [-0.05, 0) is 11.6 Å². The summed E-state index contributed by atoms with van der Waals surface area (Å²) in [5.41, 5.74) is 2.30. The number of benzene rings is 1. The quantitative estimate of drug-likeness (QED) is 0.553. The van der Waals surface area contributed by atoms with E-state index in [0.717, 1.165) is 30.4 Å². The lowest BCUT2D eigenvalue weighted by atomic mass is 10.1. The monoisotopic (exact) mass is 348 g/mol. The minimum Gasteiger partial charge on any atom is -0.353 e. The number of hydrogen-bond donors (Lipinski definition) is 1. The fourth-order valence-corrected chi connectivity index (χ4v) is 2.92. The molecule has 0 radical (unpaired) electrons. The van der Waals surface area contributed by atoms with Gasteiger partial charge < -0.3 is 9.88 Å². The first kappa shape index (κ1) is 16.1. The molecular weight excluding hydrogens is 328 g/mol. The van der Waals surface area contributed by atoms with E-state index in [1.807, 2.05) is 48.5 Å². The second kappa shape index (κ2) is 7.22. The molecule has 4 rings (SSSR count). The summed E-state index contributed by atoms with van der Waals surface area (Å²) in [5, 5.41) is 11.7. The minimum absolute atomic E-state index is 0.715. The van der Waals surface area contributed by atoms with E-state index in [-0.39, 0.29) is 0 Å². The minimum atomic E-state index is 0.715. The van der Waals surface area contributed by atoms with E-state index in [0.29, 0.717) is 6.54 Å². The summed E-state index contributed by atoms with van der Waals surface area (Å²) < 4.78 is 5.78. The van der Waals surface area contributed by atoms with Gasteiger partial charge in [-0.2, -0.15) is 15.2 Å². The van der Waals surface area contributed by atoms with Gasteiger partial charge in [0.15, 0.2) is 0 Å². The van der Waals surface area contributed by atoms with Crippen molar-refractivity contribution in [2.45, 2.75) is 13.1 Å². The number of imidazole rings is 1. The fourth-order valence-electron chi connectivity index (χ4n) is 2.92. The predicted molar refractivity (Wildman–Crippen MR) is 98.5 cm³/mol. The van der Waals surface area contributed by atoms with Gasteiger partial charge in [-0.3, -0.25) is 4.68 Å². The largest absolute Gasteiger partial charge is 0.353 e. The van der Waals surface area contributed by atoms with Crippen molar-refractivity contribution in [1.82, 2.24) is 34.1 Å². The Hall–Kier alpha value is -3.42. The molecule has 8 heteroatoms. The zero-order valence-electron chi connectivity index (χ0n) is 14.5. The smallest absolute Gasteiger partial charge is 0.220 e. The molecule has 0 saturated heterocycles. The van der Waals surface area contributed by atoms with E-state index in [4.69, 9.17) is 0 Å². The highest BCUT2D eigenvalue weighted by Gasteiger charge is 2.11. The number of anilines is 1. The van der Waals surface area contributed by atoms with Crippen LogP contribution in [0.25, 0.3) is 11.4 Å². The molecule has 0 aliphatic rings. The molecule has 132 valence electrons. The summed E-state index contributed by atoms with van der Waals surface area (Å²) in [5.74, 6) is 1.71. The Kier molecular flexibility index (Phi) is 4.46. The summed E-state index contributed by atoms with van der Waals surface area (Å²) >= 11 is 0. The Morgan fingerprint density at radius 1 is 1.00 bits per heavy atom. The normalized spacial score (nSPS) is 11.0. The SMILES string of the molecule is Cn1ncnc1NCCn1ccnc1-c1ccccc1Cn1cccn1. The lowest BCUT2D eigenvalue weighted by Crippen LogP contribution is -2.14. The number of aromatic nitrogens is 7. The van der Waals surface area contributed by atoms with Crippen LogP contribution in [0.15, 0.2) is 61.4 Å². The van der Waals surface area contributed by atoms with Crippen LogP contribution >= 0.6 is 0 Å². The fraction of sp³-hybridized carbons (Fsp3) is 0.222. The van der Waals surface area contributed by atoms with Crippen molar-refractivity contribution in [1.29, 1.82) is 0 Å². The Labute approximate surface area is 151 Å². The van der Waals surface area contributed by atoms with Crippen molar-refractivity contribution in [2.24, 2.45) is 7.05 Å². The van der Waals surface area contributed by atoms with Gasteiger partial charge in [0.2, 0.25) is 5.95 Å². The van der Waals surface area contributed by atoms with Gasteiger partial charge in [0.1, 0.15) is 12.2 Å². The van der Waals surface area contributed by atoms with Crippen LogP contribution in [0.4, 0.5) is 5.95 Å². The van der Waals surface area contributed by atoms with Crippen molar-refractivity contribution in [3.05, 3.63) is 67.0 Å². The third kappa shape index (κ3) is 3.34. The van der Waals surface area contributed by atoms with E-state index >= 15 is 0 Å². The molecule has 0 unspecified atom stereocenters. The van der Waals surface area contributed by atoms with Crippen LogP contribution in [0.2, 0.25) is 0 Å². The van der Waals surface area contributed by atoms with Crippen LogP contribution in [-0.2, 0) is 20.1 Å². The van der Waals surface area contributed by atoms with Crippen LogP contribution in [0.5, 0.6) is 0 Å². The summed E-state index contributed by atoms with van der Waals surface area (Å²) in [4.78, 5) is 8.76. The van der Waals surface area contributed by atoms with E-state index in [1.165, 1.54) is 11.9 Å². The first-order valence-electron chi connectivity index (χ1n) is 8.46. The second-order valence-electron chi connectivity index (χ2n) is 5.94. The van der Waals surface area contributed by atoms with E-state index in [9.17, 15) is 0 Å². The van der Waals surface area contributed by atoms with Gasteiger partial charge in [0.25, 0.3) is 0 Å². The third-order valence-electron chi connectivity index (χ3n) is 4.21. The first-order chi connectivity index (χ1) is 12.8. The van der Waals surface area contributed by atoms with Crippen LogP contribution in [0.3, 0.4) is 0 Å². The molecule has 1 aromatic carbocycles. The zero-order valence-corrected chi connectivity index (χ0v) is 14.5. The van der Waals surface area contributed by atoms with Crippen molar-refractivity contribution in [3.8, 4) is 11.4 Å². The summed E-state index contributed by atoms with van der Waals surface area (Å²) in [7, 11) is 1.86. The lowest BCUT2D eigenvalue weighted by molar-refractivity contribution is 0.684. The Balaban J connectivity index is 1.52. The van der Waals surface area contributed by atoms with Crippen LogP contribution in [0, 0.1) is 0 Å². The van der Waals surface area contributed by atoms with Gasteiger partial charge in [-0.15, -0.1) is 0 Å². The lowest BCUT2D eigenvalue weighted by Gasteiger charge is -2.13. The molecule has 0 aliphatic carbocycles. The first-order valence-corrected chi connectivity index (χ1v) is 8.46. The standard InChI is InChI=1S/C18H20N8/c1-24-18(21-14-23-24)20-9-12-25-11-8-19-17(25)16-6-3-2-5-15(16)13-26-10-4-7-22-26/h2-8,10-11,14H,9,12-13H2,1H3,(H,20,21,23). The molecule has 1 N–H and O–H groups in total. The molecule has 0 aliphatic heterocycles. The maximum Gasteiger partial charge on any atom is 0.220 e. The Morgan fingerprint density at radius 2 is 1.92 bits per heavy atom. The highest BCUT2D eigenvalue weighted by atomic mass is 15.4. The molecule has 26 heavy (non-hydrogen) atoms. The maximum absolute atomic E-state index is 4.58. The number of nitrogens with one attached hydrogen (secondary N) is 1. The molecule has 0 fully saturated rings. The molecule has 0 spiro atoms. The number of aryl methyl sites for hydroxylation is 1. The number of rotatable bonds is 7. The molecule has 0 saturated carbocycles. The van der Waals surface area contributed by atoms with E-state index < -0.39 is 0 Å².